The second kappa shape index (κ2) is 6.44. The van der Waals surface area contributed by atoms with Gasteiger partial charge in [-0.05, 0) is 12.8 Å². The number of aliphatic hydroxyl groups is 1. The van der Waals surface area contributed by atoms with Crippen LogP contribution in [0.2, 0.25) is 0 Å². The van der Waals surface area contributed by atoms with Crippen molar-refractivity contribution in [3.05, 3.63) is 0 Å². The number of hydrogen-bond acceptors (Lipinski definition) is 3. The largest absolute Gasteiger partial charge is 0.396 e. The fraction of sp³-hybridized carbons (Fsp3) is 0.727. The van der Waals surface area contributed by atoms with E-state index in [2.05, 4.69) is 16.6 Å². The second-order valence-corrected chi connectivity index (χ2v) is 3.86. The van der Waals surface area contributed by atoms with Crippen LogP contribution in [0.5, 0.6) is 0 Å². The third-order valence-corrected chi connectivity index (χ3v) is 2.75. The molecule has 3 N–H and O–H groups in total. The molecule has 1 fully saturated rings. The van der Waals surface area contributed by atoms with Gasteiger partial charge >= 0.3 is 0 Å². The summed E-state index contributed by atoms with van der Waals surface area (Å²) >= 11 is 0. The Kier molecular flexibility index (Phi) is 5.16. The first-order valence-electron chi connectivity index (χ1n) is 5.32. The molecule has 1 aliphatic carbocycles. The van der Waals surface area contributed by atoms with Gasteiger partial charge < -0.3 is 10.4 Å². The highest BCUT2D eigenvalue weighted by molar-refractivity contribution is 5.78. The molecule has 1 aliphatic rings. The molecule has 0 bridgehead atoms. The van der Waals surface area contributed by atoms with Crippen molar-refractivity contribution >= 4 is 5.91 Å². The summed E-state index contributed by atoms with van der Waals surface area (Å²) < 4.78 is 0. The lowest BCUT2D eigenvalue weighted by Crippen LogP contribution is -2.42. The first kappa shape index (κ1) is 12.0. The summed E-state index contributed by atoms with van der Waals surface area (Å²) in [6.07, 6.45) is 8.09. The molecule has 84 valence electrons. The number of rotatable bonds is 5. The third-order valence-electron chi connectivity index (χ3n) is 2.75. The van der Waals surface area contributed by atoms with Crippen LogP contribution in [0.1, 0.15) is 19.3 Å². The standard InChI is InChI=1S/C11H18N2O2/c1-2-6-12-7-11(15)13-10-5-3-4-9(10)8-14/h1,9-10,12,14H,3-8H2,(H,13,15). The van der Waals surface area contributed by atoms with E-state index in [1.165, 1.54) is 0 Å². The van der Waals surface area contributed by atoms with Crippen molar-refractivity contribution in [2.45, 2.75) is 25.3 Å². The first-order valence-corrected chi connectivity index (χ1v) is 5.32. The minimum atomic E-state index is -0.0457. The normalized spacial score (nSPS) is 24.8. The van der Waals surface area contributed by atoms with Gasteiger partial charge in [0.25, 0.3) is 0 Å². The van der Waals surface area contributed by atoms with Crippen LogP contribution in [-0.2, 0) is 4.79 Å². The van der Waals surface area contributed by atoms with Gasteiger partial charge in [0.2, 0.25) is 5.91 Å². The monoisotopic (exact) mass is 210 g/mol. The molecular formula is C11H18N2O2. The molecule has 2 atom stereocenters. The molecule has 0 aliphatic heterocycles. The highest BCUT2D eigenvalue weighted by Gasteiger charge is 2.27. The Balaban J connectivity index is 2.22. The average molecular weight is 210 g/mol. The molecule has 4 nitrogen and oxygen atoms in total. The Morgan fingerprint density at radius 1 is 1.53 bits per heavy atom. The van der Waals surface area contributed by atoms with Crippen molar-refractivity contribution in [2.75, 3.05) is 19.7 Å². The summed E-state index contributed by atoms with van der Waals surface area (Å²) in [5.41, 5.74) is 0. The molecule has 2 unspecified atom stereocenters. The zero-order valence-corrected chi connectivity index (χ0v) is 8.83. The molecule has 0 aromatic carbocycles. The molecule has 4 heteroatoms. The van der Waals surface area contributed by atoms with Gasteiger partial charge in [0.05, 0.1) is 13.1 Å². The zero-order chi connectivity index (χ0) is 11.1. The van der Waals surface area contributed by atoms with Crippen LogP contribution in [0.15, 0.2) is 0 Å². The van der Waals surface area contributed by atoms with E-state index in [0.717, 1.165) is 19.3 Å². The van der Waals surface area contributed by atoms with Gasteiger partial charge in [-0.1, -0.05) is 12.3 Å². The van der Waals surface area contributed by atoms with Gasteiger partial charge in [0.15, 0.2) is 0 Å². The van der Waals surface area contributed by atoms with Crippen LogP contribution >= 0.6 is 0 Å². The molecule has 1 amide bonds. The van der Waals surface area contributed by atoms with E-state index in [0.29, 0.717) is 6.54 Å². The molecule has 1 saturated carbocycles. The highest BCUT2D eigenvalue weighted by atomic mass is 16.3. The molecule has 0 saturated heterocycles. The number of carbonyl (C=O) groups excluding carboxylic acids is 1. The number of aliphatic hydroxyl groups excluding tert-OH is 1. The van der Waals surface area contributed by atoms with Crippen molar-refractivity contribution in [2.24, 2.45) is 5.92 Å². The van der Waals surface area contributed by atoms with Crippen LogP contribution < -0.4 is 10.6 Å². The van der Waals surface area contributed by atoms with Gasteiger partial charge in [0, 0.05) is 18.6 Å². The minimum absolute atomic E-state index is 0.0457. The number of terminal acetylenes is 1. The highest BCUT2D eigenvalue weighted by Crippen LogP contribution is 2.24. The van der Waals surface area contributed by atoms with Crippen molar-refractivity contribution in [1.29, 1.82) is 0 Å². The van der Waals surface area contributed by atoms with Crippen molar-refractivity contribution in [1.82, 2.24) is 10.6 Å². The van der Waals surface area contributed by atoms with Crippen LogP contribution in [0.25, 0.3) is 0 Å². The lowest BCUT2D eigenvalue weighted by Gasteiger charge is -2.18. The third kappa shape index (κ3) is 3.90. The number of nitrogens with one attached hydrogen (secondary N) is 2. The van der Waals surface area contributed by atoms with Gasteiger partial charge in [0.1, 0.15) is 0 Å². The van der Waals surface area contributed by atoms with E-state index in [9.17, 15) is 4.79 Å². The Morgan fingerprint density at radius 2 is 2.33 bits per heavy atom. The number of hydrogen-bond donors (Lipinski definition) is 3. The Hall–Kier alpha value is -1.05. The lowest BCUT2D eigenvalue weighted by molar-refractivity contribution is -0.121. The smallest absolute Gasteiger partial charge is 0.234 e. The van der Waals surface area contributed by atoms with Gasteiger partial charge in [-0.2, -0.15) is 0 Å². The maximum absolute atomic E-state index is 11.4. The van der Waals surface area contributed by atoms with E-state index in [1.54, 1.807) is 0 Å². The van der Waals surface area contributed by atoms with E-state index in [1.807, 2.05) is 0 Å². The second-order valence-electron chi connectivity index (χ2n) is 3.86. The van der Waals surface area contributed by atoms with Crippen LogP contribution in [-0.4, -0.2) is 36.8 Å². The van der Waals surface area contributed by atoms with Crippen LogP contribution in [0.3, 0.4) is 0 Å². The fourth-order valence-electron chi connectivity index (χ4n) is 1.95. The molecule has 0 aromatic heterocycles. The maximum atomic E-state index is 11.4. The van der Waals surface area contributed by atoms with Crippen LogP contribution in [0.4, 0.5) is 0 Å². The Morgan fingerprint density at radius 3 is 3.00 bits per heavy atom. The van der Waals surface area contributed by atoms with E-state index in [4.69, 9.17) is 11.5 Å². The summed E-state index contributed by atoms with van der Waals surface area (Å²) in [5, 5.41) is 14.8. The predicted molar refractivity (Wildman–Crippen MR) is 58.1 cm³/mol. The number of carbonyl (C=O) groups is 1. The van der Waals surface area contributed by atoms with E-state index in [-0.39, 0.29) is 31.0 Å². The quantitative estimate of drug-likeness (QED) is 0.423. The van der Waals surface area contributed by atoms with Crippen molar-refractivity contribution in [3.63, 3.8) is 0 Å². The molecule has 15 heavy (non-hydrogen) atoms. The summed E-state index contributed by atoms with van der Waals surface area (Å²) in [5.74, 6) is 2.58. The molecule has 0 spiro atoms. The Bertz CT molecular complexity index is 247. The summed E-state index contributed by atoms with van der Waals surface area (Å²) in [6, 6.07) is 0.134. The average Bonchev–Trinajstić information content (AvgIpc) is 2.65. The molecule has 0 radical (unpaired) electrons. The predicted octanol–water partition coefficient (Wildman–Crippen LogP) is -0.514. The summed E-state index contributed by atoms with van der Waals surface area (Å²) in [6.45, 7) is 0.809. The van der Waals surface area contributed by atoms with Crippen molar-refractivity contribution in [3.8, 4) is 12.3 Å². The summed E-state index contributed by atoms with van der Waals surface area (Å²) in [4.78, 5) is 11.4. The molecule has 0 heterocycles. The molecule has 0 aromatic rings. The van der Waals surface area contributed by atoms with E-state index >= 15 is 0 Å². The fourth-order valence-corrected chi connectivity index (χ4v) is 1.95. The first-order chi connectivity index (χ1) is 7.27. The van der Waals surface area contributed by atoms with Crippen molar-refractivity contribution < 1.29 is 9.90 Å². The molecular weight excluding hydrogens is 192 g/mol. The molecule has 1 rings (SSSR count). The maximum Gasteiger partial charge on any atom is 0.234 e. The SMILES string of the molecule is C#CCNCC(=O)NC1CCCC1CO. The van der Waals surface area contributed by atoms with Gasteiger partial charge in [-0.3, -0.25) is 10.1 Å². The lowest BCUT2D eigenvalue weighted by atomic mass is 10.1. The minimum Gasteiger partial charge on any atom is -0.396 e. The topological polar surface area (TPSA) is 61.4 Å². The van der Waals surface area contributed by atoms with Crippen LogP contribution in [0, 0.1) is 18.3 Å². The number of amides is 1. The summed E-state index contributed by atoms with van der Waals surface area (Å²) in [7, 11) is 0. The zero-order valence-electron chi connectivity index (χ0n) is 8.83. The van der Waals surface area contributed by atoms with E-state index < -0.39 is 0 Å². The van der Waals surface area contributed by atoms with Gasteiger partial charge in [-0.25, -0.2) is 0 Å². The van der Waals surface area contributed by atoms with Gasteiger partial charge in [-0.15, -0.1) is 6.42 Å². The Labute approximate surface area is 90.4 Å².